The highest BCUT2D eigenvalue weighted by Gasteiger charge is 2.12. The summed E-state index contributed by atoms with van der Waals surface area (Å²) in [6, 6.07) is 12.2. The number of non-ortho nitro benzene ring substituents is 1. The van der Waals surface area contributed by atoms with E-state index in [0.29, 0.717) is 30.4 Å². The highest BCUT2D eigenvalue weighted by molar-refractivity contribution is 5.34. The number of aromatic hydroxyl groups is 1. The molecule has 0 saturated carbocycles. The average Bonchev–Trinajstić information content (AvgIpc) is 2.67. The Morgan fingerprint density at radius 2 is 1.63 bits per heavy atom. The number of rotatable bonds is 8. The summed E-state index contributed by atoms with van der Waals surface area (Å²) in [7, 11) is 0. The van der Waals surface area contributed by atoms with Gasteiger partial charge in [0.1, 0.15) is 5.75 Å². The SMILES string of the molecule is CCC(=C=CC[C@@H](O)c1ccc(O)cc1)C[C@@H](O)c1ccc([N+](=O)[O-])cc1. The quantitative estimate of drug-likeness (QED) is 0.365. The molecule has 2 aromatic rings. The molecule has 0 spiro atoms. The molecular formula is C21H23NO5. The number of phenols is 1. The van der Waals surface area contributed by atoms with Gasteiger partial charge in [0.2, 0.25) is 0 Å². The molecule has 0 aliphatic heterocycles. The summed E-state index contributed by atoms with van der Waals surface area (Å²) in [5.41, 5.74) is 5.31. The fourth-order valence-electron chi connectivity index (χ4n) is 2.62. The van der Waals surface area contributed by atoms with E-state index in [4.69, 9.17) is 0 Å². The molecule has 6 heteroatoms. The van der Waals surface area contributed by atoms with Crippen LogP contribution in [-0.2, 0) is 0 Å². The molecule has 0 aliphatic carbocycles. The van der Waals surface area contributed by atoms with Crippen molar-refractivity contribution < 1.29 is 20.2 Å². The Hall–Kier alpha value is -2.92. The molecule has 0 amide bonds. The van der Waals surface area contributed by atoms with Crippen LogP contribution in [0.4, 0.5) is 5.69 Å². The normalized spacial score (nSPS) is 12.7. The van der Waals surface area contributed by atoms with E-state index < -0.39 is 17.1 Å². The van der Waals surface area contributed by atoms with Crippen LogP contribution in [0.1, 0.15) is 49.5 Å². The van der Waals surface area contributed by atoms with Crippen LogP contribution >= 0.6 is 0 Å². The van der Waals surface area contributed by atoms with Crippen molar-refractivity contribution in [3.05, 3.63) is 87.2 Å². The van der Waals surface area contributed by atoms with E-state index in [1.54, 1.807) is 30.3 Å². The van der Waals surface area contributed by atoms with E-state index in [1.807, 2.05) is 6.92 Å². The molecule has 0 aliphatic rings. The molecule has 0 heterocycles. The minimum atomic E-state index is -0.774. The van der Waals surface area contributed by atoms with Crippen LogP contribution in [-0.4, -0.2) is 20.2 Å². The summed E-state index contributed by atoms with van der Waals surface area (Å²) in [6.45, 7) is 1.95. The van der Waals surface area contributed by atoms with Crippen LogP contribution in [0.5, 0.6) is 5.75 Å². The molecule has 0 unspecified atom stereocenters. The maximum atomic E-state index is 10.7. The van der Waals surface area contributed by atoms with Crippen LogP contribution in [0.25, 0.3) is 0 Å². The number of phenolic OH excluding ortho intramolecular Hbond substituents is 1. The minimum absolute atomic E-state index is 0.0136. The van der Waals surface area contributed by atoms with Crippen molar-refractivity contribution in [2.45, 2.75) is 38.4 Å². The van der Waals surface area contributed by atoms with Crippen LogP contribution in [0, 0.1) is 10.1 Å². The van der Waals surface area contributed by atoms with Crippen molar-refractivity contribution in [3.63, 3.8) is 0 Å². The van der Waals surface area contributed by atoms with Crippen LogP contribution < -0.4 is 0 Å². The molecule has 0 aromatic heterocycles. The number of nitro groups is 1. The Morgan fingerprint density at radius 3 is 2.19 bits per heavy atom. The first-order valence-electron chi connectivity index (χ1n) is 8.73. The van der Waals surface area contributed by atoms with Gasteiger partial charge in [-0.25, -0.2) is 0 Å². The lowest BCUT2D eigenvalue weighted by Crippen LogP contribution is -1.99. The van der Waals surface area contributed by atoms with Gasteiger partial charge in [-0.3, -0.25) is 10.1 Å². The fraction of sp³-hybridized carbons (Fsp3) is 0.286. The van der Waals surface area contributed by atoms with Crippen molar-refractivity contribution in [1.82, 2.24) is 0 Å². The Labute approximate surface area is 157 Å². The molecule has 2 aromatic carbocycles. The maximum absolute atomic E-state index is 10.7. The number of hydrogen-bond donors (Lipinski definition) is 3. The number of hydrogen-bond acceptors (Lipinski definition) is 5. The van der Waals surface area contributed by atoms with Crippen molar-refractivity contribution in [2.24, 2.45) is 0 Å². The van der Waals surface area contributed by atoms with Gasteiger partial charge in [0.25, 0.3) is 5.69 Å². The van der Waals surface area contributed by atoms with Gasteiger partial charge >= 0.3 is 0 Å². The number of aliphatic hydroxyl groups excluding tert-OH is 2. The van der Waals surface area contributed by atoms with E-state index in [9.17, 15) is 25.4 Å². The van der Waals surface area contributed by atoms with Crippen LogP contribution in [0.15, 0.2) is 65.9 Å². The standard InChI is InChI=1S/C21H23NO5/c1-2-15(4-3-5-20(24)16-8-12-19(23)13-9-16)14-21(25)17-6-10-18(11-7-17)22(26)27/h3,6-13,20-21,23-25H,2,5,14H2,1H3/t4?,20-,21-/m1/s1. The molecule has 2 atom stereocenters. The molecule has 3 N–H and O–H groups in total. The predicted molar refractivity (Wildman–Crippen MR) is 102 cm³/mol. The summed E-state index contributed by atoms with van der Waals surface area (Å²) < 4.78 is 0. The topological polar surface area (TPSA) is 104 Å². The zero-order chi connectivity index (χ0) is 19.8. The molecule has 0 saturated heterocycles. The zero-order valence-corrected chi connectivity index (χ0v) is 15.1. The first-order chi connectivity index (χ1) is 12.9. The Morgan fingerprint density at radius 1 is 1.07 bits per heavy atom. The molecule has 27 heavy (non-hydrogen) atoms. The number of nitrogens with zero attached hydrogens (tertiary/aromatic N) is 1. The molecule has 142 valence electrons. The summed E-state index contributed by atoms with van der Waals surface area (Å²) >= 11 is 0. The third kappa shape index (κ3) is 6.08. The smallest absolute Gasteiger partial charge is 0.269 e. The van der Waals surface area contributed by atoms with Crippen molar-refractivity contribution in [3.8, 4) is 5.75 Å². The Bertz CT molecular complexity index is 821. The molecule has 0 fully saturated rings. The van der Waals surface area contributed by atoms with Crippen LogP contribution in [0.3, 0.4) is 0 Å². The maximum Gasteiger partial charge on any atom is 0.269 e. The lowest BCUT2D eigenvalue weighted by Gasteiger charge is -2.11. The zero-order valence-electron chi connectivity index (χ0n) is 15.1. The first kappa shape index (κ1) is 20.4. The minimum Gasteiger partial charge on any atom is -0.508 e. The van der Waals surface area contributed by atoms with Gasteiger partial charge in [-0.05, 0) is 53.5 Å². The van der Waals surface area contributed by atoms with Gasteiger partial charge in [0.05, 0.1) is 17.1 Å². The van der Waals surface area contributed by atoms with E-state index in [1.165, 1.54) is 24.3 Å². The van der Waals surface area contributed by atoms with Crippen LogP contribution in [0.2, 0.25) is 0 Å². The average molecular weight is 369 g/mol. The lowest BCUT2D eigenvalue weighted by molar-refractivity contribution is -0.384. The summed E-state index contributed by atoms with van der Waals surface area (Å²) in [5, 5.41) is 40.5. The fourth-order valence-corrected chi connectivity index (χ4v) is 2.62. The highest BCUT2D eigenvalue weighted by Crippen LogP contribution is 2.24. The van der Waals surface area contributed by atoms with E-state index >= 15 is 0 Å². The molecule has 0 bridgehead atoms. The first-order valence-corrected chi connectivity index (χ1v) is 8.73. The third-order valence-corrected chi connectivity index (χ3v) is 4.28. The van der Waals surface area contributed by atoms with Gasteiger partial charge in [-0.15, -0.1) is 5.73 Å². The summed E-state index contributed by atoms with van der Waals surface area (Å²) in [4.78, 5) is 10.2. The van der Waals surface area contributed by atoms with Crippen molar-refractivity contribution >= 4 is 5.69 Å². The number of aliphatic hydroxyl groups is 2. The van der Waals surface area contributed by atoms with Gasteiger partial charge in [-0.2, -0.15) is 0 Å². The molecular weight excluding hydrogens is 346 g/mol. The van der Waals surface area contributed by atoms with E-state index in [2.05, 4.69) is 5.73 Å². The number of benzene rings is 2. The Kier molecular flexibility index (Phi) is 7.32. The second-order valence-corrected chi connectivity index (χ2v) is 6.22. The highest BCUT2D eigenvalue weighted by atomic mass is 16.6. The van der Waals surface area contributed by atoms with Gasteiger partial charge < -0.3 is 15.3 Å². The summed E-state index contributed by atoms with van der Waals surface area (Å²) in [5.74, 6) is 0.148. The molecule has 2 rings (SSSR count). The van der Waals surface area contributed by atoms with Crippen molar-refractivity contribution in [2.75, 3.05) is 0 Å². The van der Waals surface area contributed by atoms with Gasteiger partial charge in [-0.1, -0.05) is 19.1 Å². The van der Waals surface area contributed by atoms with E-state index in [0.717, 1.165) is 5.57 Å². The predicted octanol–water partition coefficient (Wildman–Crippen LogP) is 4.34. The second kappa shape index (κ2) is 9.69. The summed E-state index contributed by atoms with van der Waals surface area (Å²) in [6.07, 6.45) is 1.68. The Balaban J connectivity index is 2.00. The second-order valence-electron chi connectivity index (χ2n) is 6.22. The van der Waals surface area contributed by atoms with Crippen molar-refractivity contribution in [1.29, 1.82) is 0 Å². The van der Waals surface area contributed by atoms with E-state index in [-0.39, 0.29) is 11.4 Å². The molecule has 6 nitrogen and oxygen atoms in total. The lowest BCUT2D eigenvalue weighted by atomic mass is 10.00. The van der Waals surface area contributed by atoms with Gasteiger partial charge in [0, 0.05) is 25.0 Å². The molecule has 0 radical (unpaired) electrons. The third-order valence-electron chi connectivity index (χ3n) is 4.28. The monoisotopic (exact) mass is 369 g/mol. The van der Waals surface area contributed by atoms with Gasteiger partial charge in [0.15, 0.2) is 0 Å². The number of nitro benzene ring substituents is 1. The largest absolute Gasteiger partial charge is 0.508 e.